The van der Waals surface area contributed by atoms with Crippen LogP contribution in [-0.4, -0.2) is 45.5 Å². The molecule has 0 saturated carbocycles. The molecule has 0 bridgehead atoms. The van der Waals surface area contributed by atoms with E-state index >= 15 is 0 Å². The number of methoxy groups -OCH3 is 1. The van der Waals surface area contributed by atoms with Crippen LogP contribution in [0.15, 0.2) is 41.3 Å². The average molecular weight is 449 g/mol. The Morgan fingerprint density at radius 1 is 1.30 bits per heavy atom. The van der Waals surface area contributed by atoms with Crippen LogP contribution in [0.4, 0.5) is 10.5 Å². The van der Waals surface area contributed by atoms with Crippen LogP contribution in [0, 0.1) is 10.1 Å². The third-order valence-corrected chi connectivity index (χ3v) is 5.34. The van der Waals surface area contributed by atoms with Crippen LogP contribution in [0.1, 0.15) is 15.9 Å². The second kappa shape index (κ2) is 8.56. The number of hydrogen-bond acceptors (Lipinski definition) is 8. The summed E-state index contributed by atoms with van der Waals surface area (Å²) in [7, 11) is 1.34. The van der Waals surface area contributed by atoms with Crippen molar-refractivity contribution < 1.29 is 29.2 Å². The molecule has 30 heavy (non-hydrogen) atoms. The molecule has 3 rings (SSSR count). The number of nitrogens with zero attached hydrogens (tertiary/aromatic N) is 2. The fourth-order valence-corrected chi connectivity index (χ4v) is 3.68. The first-order chi connectivity index (χ1) is 14.2. The molecular formula is C19H13ClN2O7S. The van der Waals surface area contributed by atoms with Crippen LogP contribution in [0.5, 0.6) is 11.5 Å². The molecule has 2 amide bonds. The smallest absolute Gasteiger partial charge is 0.293 e. The molecule has 2 aromatic rings. The quantitative estimate of drug-likeness (QED) is 0.305. The SMILES string of the molecule is COc1cc(/C=C2\SC(=O)N(CC(=O)c3ccc([N+](=O)[O-])cc3)C2=O)cc(Cl)c1O. The highest BCUT2D eigenvalue weighted by atomic mass is 35.5. The van der Waals surface area contributed by atoms with Crippen molar-refractivity contribution >= 4 is 52.1 Å². The Morgan fingerprint density at radius 2 is 1.97 bits per heavy atom. The maximum absolute atomic E-state index is 12.6. The number of amides is 2. The van der Waals surface area contributed by atoms with E-state index in [-0.39, 0.29) is 32.7 Å². The normalized spacial score (nSPS) is 15.0. The fraction of sp³-hybridized carbons (Fsp3) is 0.105. The summed E-state index contributed by atoms with van der Waals surface area (Å²) >= 11 is 6.58. The second-order valence-corrected chi connectivity index (χ2v) is 7.45. The first-order valence-corrected chi connectivity index (χ1v) is 9.50. The monoisotopic (exact) mass is 448 g/mol. The Bertz CT molecular complexity index is 1100. The summed E-state index contributed by atoms with van der Waals surface area (Å²) in [6, 6.07) is 7.71. The van der Waals surface area contributed by atoms with E-state index in [0.29, 0.717) is 17.3 Å². The van der Waals surface area contributed by atoms with E-state index in [1.54, 1.807) is 0 Å². The summed E-state index contributed by atoms with van der Waals surface area (Å²) in [4.78, 5) is 48.2. The van der Waals surface area contributed by atoms with Gasteiger partial charge in [0.1, 0.15) is 0 Å². The molecule has 1 heterocycles. The van der Waals surface area contributed by atoms with E-state index in [1.165, 1.54) is 49.6 Å². The Balaban J connectivity index is 1.79. The molecule has 2 aromatic carbocycles. The van der Waals surface area contributed by atoms with Crippen molar-refractivity contribution in [3.8, 4) is 11.5 Å². The number of ether oxygens (including phenoxy) is 1. The van der Waals surface area contributed by atoms with Crippen LogP contribution in [0.25, 0.3) is 6.08 Å². The molecule has 1 aliphatic rings. The summed E-state index contributed by atoms with van der Waals surface area (Å²) in [6.07, 6.45) is 1.40. The van der Waals surface area contributed by atoms with E-state index in [9.17, 15) is 29.6 Å². The Kier molecular flexibility index (Phi) is 6.09. The van der Waals surface area contributed by atoms with Crippen molar-refractivity contribution in [3.05, 3.63) is 67.6 Å². The molecule has 1 fully saturated rings. The summed E-state index contributed by atoms with van der Waals surface area (Å²) in [5.41, 5.74) is 0.379. The molecule has 1 saturated heterocycles. The van der Waals surface area contributed by atoms with E-state index in [1.807, 2.05) is 0 Å². The molecule has 0 spiro atoms. The second-order valence-electron chi connectivity index (χ2n) is 6.05. The molecule has 154 valence electrons. The van der Waals surface area contributed by atoms with Gasteiger partial charge in [-0.3, -0.25) is 29.4 Å². The third-order valence-electron chi connectivity index (χ3n) is 4.14. The van der Waals surface area contributed by atoms with E-state index < -0.39 is 28.4 Å². The number of rotatable bonds is 6. The van der Waals surface area contributed by atoms with Crippen LogP contribution < -0.4 is 4.74 Å². The molecule has 0 unspecified atom stereocenters. The number of thioether (sulfide) groups is 1. The largest absolute Gasteiger partial charge is 0.503 e. The van der Waals surface area contributed by atoms with Crippen LogP contribution >= 0.6 is 23.4 Å². The number of benzene rings is 2. The van der Waals surface area contributed by atoms with Gasteiger partial charge in [-0.15, -0.1) is 0 Å². The van der Waals surface area contributed by atoms with Crippen LogP contribution in [0.2, 0.25) is 5.02 Å². The molecule has 1 aliphatic heterocycles. The molecule has 0 radical (unpaired) electrons. The molecule has 11 heteroatoms. The van der Waals surface area contributed by atoms with Crippen LogP contribution in [0.3, 0.4) is 0 Å². The molecule has 0 aliphatic carbocycles. The van der Waals surface area contributed by atoms with Crippen molar-refractivity contribution in [1.82, 2.24) is 4.90 Å². The van der Waals surface area contributed by atoms with Crippen molar-refractivity contribution in [2.45, 2.75) is 0 Å². The van der Waals surface area contributed by atoms with E-state index in [4.69, 9.17) is 16.3 Å². The van der Waals surface area contributed by atoms with Gasteiger partial charge >= 0.3 is 0 Å². The lowest BCUT2D eigenvalue weighted by atomic mass is 10.1. The number of phenols is 1. The van der Waals surface area contributed by atoms with Crippen molar-refractivity contribution in [1.29, 1.82) is 0 Å². The lowest BCUT2D eigenvalue weighted by Gasteiger charge is -2.11. The van der Waals surface area contributed by atoms with Crippen molar-refractivity contribution in [2.75, 3.05) is 13.7 Å². The van der Waals surface area contributed by atoms with Gasteiger partial charge < -0.3 is 9.84 Å². The number of carbonyl (C=O) groups excluding carboxylic acids is 3. The number of ketones is 1. The Hall–Kier alpha value is -3.37. The Morgan fingerprint density at radius 3 is 2.57 bits per heavy atom. The first kappa shape index (κ1) is 21.3. The standard InChI is InChI=1S/C19H13ClN2O7S/c1-29-15-7-10(6-13(20)17(15)24)8-16-18(25)21(19(26)30-16)9-14(23)11-2-4-12(5-3-11)22(27)28/h2-8,24H,9H2,1H3/b16-8-. The predicted octanol–water partition coefficient (Wildman–Crippen LogP) is 3.88. The van der Waals surface area contributed by atoms with Crippen LogP contribution in [-0.2, 0) is 4.79 Å². The zero-order valence-electron chi connectivity index (χ0n) is 15.3. The lowest BCUT2D eigenvalue weighted by molar-refractivity contribution is -0.384. The number of nitro groups is 1. The van der Waals surface area contributed by atoms with Crippen molar-refractivity contribution in [3.63, 3.8) is 0 Å². The summed E-state index contributed by atoms with van der Waals surface area (Å²) in [6.45, 7) is -0.501. The zero-order chi connectivity index (χ0) is 22.0. The van der Waals surface area contributed by atoms with Gasteiger partial charge in [0, 0.05) is 17.7 Å². The van der Waals surface area contributed by atoms with Gasteiger partial charge in [-0.05, 0) is 47.7 Å². The number of Topliss-reactive ketones (excluding diaryl/α,β-unsaturated/α-hetero) is 1. The van der Waals surface area contributed by atoms with Gasteiger partial charge in [0.25, 0.3) is 16.8 Å². The highest BCUT2D eigenvalue weighted by Gasteiger charge is 2.36. The average Bonchev–Trinajstić information content (AvgIpc) is 2.97. The minimum Gasteiger partial charge on any atom is -0.503 e. The number of nitro benzene ring substituents is 1. The molecule has 0 aromatic heterocycles. The maximum Gasteiger partial charge on any atom is 0.293 e. The minimum absolute atomic E-state index is 0.00757. The summed E-state index contributed by atoms with van der Waals surface area (Å²) in [5.74, 6) is -1.36. The first-order valence-electron chi connectivity index (χ1n) is 8.30. The highest BCUT2D eigenvalue weighted by molar-refractivity contribution is 8.18. The fourth-order valence-electron chi connectivity index (χ4n) is 2.62. The number of carbonyl (C=O) groups is 3. The summed E-state index contributed by atoms with van der Waals surface area (Å²) < 4.78 is 5.01. The van der Waals surface area contributed by atoms with E-state index in [0.717, 1.165) is 4.90 Å². The lowest BCUT2D eigenvalue weighted by Crippen LogP contribution is -2.33. The Labute approximate surface area is 179 Å². The van der Waals surface area contributed by atoms with Crippen molar-refractivity contribution in [2.24, 2.45) is 0 Å². The topological polar surface area (TPSA) is 127 Å². The maximum atomic E-state index is 12.6. The zero-order valence-corrected chi connectivity index (χ0v) is 16.9. The number of imide groups is 1. The number of halogens is 1. The van der Waals surface area contributed by atoms with Gasteiger partial charge in [0.05, 0.1) is 28.5 Å². The third kappa shape index (κ3) is 4.29. The number of non-ortho nitro benzene ring substituents is 1. The predicted molar refractivity (Wildman–Crippen MR) is 110 cm³/mol. The van der Waals surface area contributed by atoms with Gasteiger partial charge in [0.15, 0.2) is 17.3 Å². The minimum atomic E-state index is -0.663. The van der Waals surface area contributed by atoms with Gasteiger partial charge in [-0.2, -0.15) is 0 Å². The molecule has 1 N–H and O–H groups in total. The molecule has 9 nitrogen and oxygen atoms in total. The van der Waals surface area contributed by atoms with E-state index in [2.05, 4.69) is 0 Å². The van der Waals surface area contributed by atoms with Gasteiger partial charge in [0.2, 0.25) is 0 Å². The number of phenolic OH excluding ortho intramolecular Hbond substituents is 1. The van der Waals surface area contributed by atoms with Gasteiger partial charge in [-0.1, -0.05) is 11.6 Å². The summed E-state index contributed by atoms with van der Waals surface area (Å²) in [5, 5.41) is 19.9. The number of hydrogen-bond donors (Lipinski definition) is 1. The number of aromatic hydroxyl groups is 1. The highest BCUT2D eigenvalue weighted by Crippen LogP contribution is 2.38. The molecule has 0 atom stereocenters. The molecular weight excluding hydrogens is 436 g/mol. The van der Waals surface area contributed by atoms with Gasteiger partial charge in [-0.25, -0.2) is 0 Å².